The smallest absolute Gasteiger partial charge is 0.337 e. The predicted molar refractivity (Wildman–Crippen MR) is 106 cm³/mol. The van der Waals surface area contributed by atoms with Gasteiger partial charge in [0.1, 0.15) is 11.5 Å². The fraction of sp³-hybridized carbons (Fsp3) is 0.333. The molecular formula is C21H23BrO5. The maximum Gasteiger partial charge on any atom is 0.337 e. The van der Waals surface area contributed by atoms with Crippen molar-refractivity contribution in [3.8, 4) is 11.5 Å². The molecule has 0 heterocycles. The molecule has 0 spiro atoms. The van der Waals surface area contributed by atoms with Gasteiger partial charge in [-0.1, -0.05) is 19.9 Å². The summed E-state index contributed by atoms with van der Waals surface area (Å²) in [6.07, 6.45) is 0.776. The Balaban J connectivity index is 1.75. The molecule has 0 amide bonds. The Bertz CT molecular complexity index is 784. The monoisotopic (exact) mass is 434 g/mol. The maximum atomic E-state index is 11.9. The molecule has 0 saturated heterocycles. The van der Waals surface area contributed by atoms with Crippen LogP contribution in [0.5, 0.6) is 11.5 Å². The van der Waals surface area contributed by atoms with E-state index in [0.29, 0.717) is 30.3 Å². The van der Waals surface area contributed by atoms with E-state index in [1.807, 2.05) is 18.2 Å². The third-order valence-corrected chi connectivity index (χ3v) is 4.53. The van der Waals surface area contributed by atoms with Crippen LogP contribution in [0.2, 0.25) is 0 Å². The van der Waals surface area contributed by atoms with Crippen LogP contribution in [-0.4, -0.2) is 25.7 Å². The van der Waals surface area contributed by atoms with Crippen LogP contribution in [0, 0.1) is 0 Å². The molecule has 0 aromatic heterocycles. The number of hydrogen-bond donors (Lipinski definition) is 0. The Morgan fingerprint density at radius 1 is 1.07 bits per heavy atom. The molecule has 0 atom stereocenters. The Hall–Kier alpha value is -2.34. The first kappa shape index (κ1) is 21.0. The molecule has 2 aromatic rings. The number of halogens is 1. The van der Waals surface area contributed by atoms with Gasteiger partial charge in [-0.05, 0) is 70.2 Å². The maximum absolute atomic E-state index is 11.9. The van der Waals surface area contributed by atoms with Gasteiger partial charge in [0.15, 0.2) is 0 Å². The summed E-state index contributed by atoms with van der Waals surface area (Å²) in [5.74, 6) is 0.815. The van der Waals surface area contributed by atoms with Gasteiger partial charge in [0.2, 0.25) is 0 Å². The average molecular weight is 435 g/mol. The van der Waals surface area contributed by atoms with Crippen LogP contribution in [0.25, 0.3) is 0 Å². The molecule has 0 bridgehead atoms. The molecule has 27 heavy (non-hydrogen) atoms. The highest BCUT2D eigenvalue weighted by molar-refractivity contribution is 9.10. The minimum Gasteiger partial charge on any atom is -0.492 e. The number of ether oxygens (including phenoxy) is 3. The first-order valence-electron chi connectivity index (χ1n) is 8.72. The molecule has 0 N–H and O–H groups in total. The van der Waals surface area contributed by atoms with E-state index in [2.05, 4.69) is 34.5 Å². The van der Waals surface area contributed by atoms with Crippen LogP contribution in [0.15, 0.2) is 46.9 Å². The summed E-state index contributed by atoms with van der Waals surface area (Å²) in [4.78, 5) is 23.3. The van der Waals surface area contributed by atoms with Crippen molar-refractivity contribution >= 4 is 27.9 Å². The van der Waals surface area contributed by atoms with E-state index in [1.165, 1.54) is 12.7 Å². The highest BCUT2D eigenvalue weighted by atomic mass is 79.9. The largest absolute Gasteiger partial charge is 0.492 e. The molecule has 2 rings (SSSR count). The second-order valence-electron chi connectivity index (χ2n) is 6.29. The molecule has 5 nitrogen and oxygen atoms in total. The molecule has 0 saturated carbocycles. The summed E-state index contributed by atoms with van der Waals surface area (Å²) in [5.41, 5.74) is 1.63. The molecule has 144 valence electrons. The van der Waals surface area contributed by atoms with Gasteiger partial charge in [0.05, 0.1) is 23.8 Å². The second-order valence-corrected chi connectivity index (χ2v) is 7.14. The molecule has 0 aliphatic heterocycles. The van der Waals surface area contributed by atoms with Gasteiger partial charge in [-0.25, -0.2) is 4.79 Å². The lowest BCUT2D eigenvalue weighted by atomic mass is 10.0. The third kappa shape index (κ3) is 6.40. The lowest BCUT2D eigenvalue weighted by Crippen LogP contribution is -2.10. The van der Waals surface area contributed by atoms with Crippen molar-refractivity contribution in [3.63, 3.8) is 0 Å². The summed E-state index contributed by atoms with van der Waals surface area (Å²) < 4.78 is 16.5. The minimum absolute atomic E-state index is 0.237. The van der Waals surface area contributed by atoms with Gasteiger partial charge < -0.3 is 14.2 Å². The quantitative estimate of drug-likeness (QED) is 0.327. The molecule has 6 heteroatoms. The van der Waals surface area contributed by atoms with Crippen molar-refractivity contribution in [2.24, 2.45) is 0 Å². The standard InChI is InChI=1S/C21H23BrO5/c1-14(2)16-8-11-19(18(22)13-16)26-12-4-5-20(23)27-17-9-6-15(7-10-17)21(24)25-3/h6-11,13-14H,4-5,12H2,1-3H3. The van der Waals surface area contributed by atoms with E-state index in [9.17, 15) is 9.59 Å². The molecule has 0 fully saturated rings. The second kappa shape index (κ2) is 10.1. The highest BCUT2D eigenvalue weighted by Crippen LogP contribution is 2.29. The molecular weight excluding hydrogens is 412 g/mol. The van der Waals surface area contributed by atoms with Gasteiger partial charge in [0, 0.05) is 6.42 Å². The van der Waals surface area contributed by atoms with E-state index in [0.717, 1.165) is 10.2 Å². The molecule has 0 radical (unpaired) electrons. The predicted octanol–water partition coefficient (Wildman–Crippen LogP) is 5.12. The van der Waals surface area contributed by atoms with Crippen LogP contribution >= 0.6 is 15.9 Å². The lowest BCUT2D eigenvalue weighted by Gasteiger charge is -2.11. The Morgan fingerprint density at radius 2 is 1.78 bits per heavy atom. The topological polar surface area (TPSA) is 61.8 Å². The fourth-order valence-corrected chi connectivity index (χ4v) is 2.86. The zero-order chi connectivity index (χ0) is 19.8. The van der Waals surface area contributed by atoms with Crippen molar-refractivity contribution in [1.82, 2.24) is 0 Å². The van der Waals surface area contributed by atoms with Crippen LogP contribution < -0.4 is 9.47 Å². The van der Waals surface area contributed by atoms with Crippen molar-refractivity contribution in [3.05, 3.63) is 58.1 Å². The number of methoxy groups -OCH3 is 1. The SMILES string of the molecule is COC(=O)c1ccc(OC(=O)CCCOc2ccc(C(C)C)cc2Br)cc1. The van der Waals surface area contributed by atoms with Gasteiger partial charge in [-0.15, -0.1) is 0 Å². The third-order valence-electron chi connectivity index (χ3n) is 3.91. The first-order chi connectivity index (χ1) is 12.9. The normalized spacial score (nSPS) is 10.6. The van der Waals surface area contributed by atoms with Crippen LogP contribution in [-0.2, 0) is 9.53 Å². The van der Waals surface area contributed by atoms with E-state index >= 15 is 0 Å². The van der Waals surface area contributed by atoms with Gasteiger partial charge in [-0.2, -0.15) is 0 Å². The van der Waals surface area contributed by atoms with Crippen molar-refractivity contribution < 1.29 is 23.8 Å². The Kier molecular flexibility index (Phi) is 7.85. The molecule has 0 aliphatic rings. The summed E-state index contributed by atoms with van der Waals surface area (Å²) in [6, 6.07) is 12.2. The summed E-state index contributed by atoms with van der Waals surface area (Å²) in [5, 5.41) is 0. The average Bonchev–Trinajstić information content (AvgIpc) is 2.66. The summed E-state index contributed by atoms with van der Waals surface area (Å²) >= 11 is 3.51. The zero-order valence-corrected chi connectivity index (χ0v) is 17.2. The van der Waals surface area contributed by atoms with E-state index < -0.39 is 5.97 Å². The number of carbonyl (C=O) groups excluding carboxylic acids is 2. The lowest BCUT2D eigenvalue weighted by molar-refractivity contribution is -0.134. The van der Waals surface area contributed by atoms with Crippen molar-refractivity contribution in [2.75, 3.05) is 13.7 Å². The Morgan fingerprint density at radius 3 is 2.37 bits per heavy atom. The molecule has 2 aromatic carbocycles. The van der Waals surface area contributed by atoms with E-state index in [-0.39, 0.29) is 12.4 Å². The number of carbonyl (C=O) groups is 2. The van der Waals surface area contributed by atoms with Gasteiger partial charge in [-0.3, -0.25) is 4.79 Å². The van der Waals surface area contributed by atoms with Gasteiger partial charge in [0.25, 0.3) is 0 Å². The zero-order valence-electron chi connectivity index (χ0n) is 15.7. The van der Waals surface area contributed by atoms with Crippen LogP contribution in [0.4, 0.5) is 0 Å². The van der Waals surface area contributed by atoms with Gasteiger partial charge >= 0.3 is 11.9 Å². The number of rotatable bonds is 8. The number of benzene rings is 2. The van der Waals surface area contributed by atoms with E-state index in [4.69, 9.17) is 9.47 Å². The van der Waals surface area contributed by atoms with Crippen molar-refractivity contribution in [2.45, 2.75) is 32.6 Å². The Labute approximate surface area is 167 Å². The van der Waals surface area contributed by atoms with Crippen LogP contribution in [0.3, 0.4) is 0 Å². The number of esters is 2. The number of hydrogen-bond acceptors (Lipinski definition) is 5. The minimum atomic E-state index is -0.433. The van der Waals surface area contributed by atoms with Crippen LogP contribution in [0.1, 0.15) is 48.5 Å². The van der Waals surface area contributed by atoms with Crippen molar-refractivity contribution in [1.29, 1.82) is 0 Å². The fourth-order valence-electron chi connectivity index (χ4n) is 2.35. The molecule has 0 aliphatic carbocycles. The highest BCUT2D eigenvalue weighted by Gasteiger charge is 2.09. The molecule has 0 unspecified atom stereocenters. The summed E-state index contributed by atoms with van der Waals surface area (Å²) in [7, 11) is 1.32. The van der Waals surface area contributed by atoms with E-state index in [1.54, 1.807) is 24.3 Å². The first-order valence-corrected chi connectivity index (χ1v) is 9.51. The summed E-state index contributed by atoms with van der Waals surface area (Å²) in [6.45, 7) is 4.68.